The topological polar surface area (TPSA) is 71.2 Å². The number of likely N-dealkylation sites (tertiary alicyclic amines) is 1. The summed E-state index contributed by atoms with van der Waals surface area (Å²) in [6, 6.07) is 10.5. The van der Waals surface area contributed by atoms with Gasteiger partial charge in [-0.2, -0.15) is 0 Å². The van der Waals surface area contributed by atoms with Crippen LogP contribution in [0.5, 0.6) is 0 Å². The van der Waals surface area contributed by atoms with E-state index in [2.05, 4.69) is 41.5 Å². The first kappa shape index (κ1) is 15.7. The summed E-state index contributed by atoms with van der Waals surface area (Å²) in [6.07, 6.45) is 3.53. The van der Waals surface area contributed by atoms with Gasteiger partial charge < -0.3 is 10.0 Å². The predicted molar refractivity (Wildman–Crippen MR) is 85.6 cm³/mol. The van der Waals surface area contributed by atoms with Crippen LogP contribution in [0.4, 0.5) is 0 Å². The predicted octanol–water partition coefficient (Wildman–Crippen LogP) is 1.35. The lowest BCUT2D eigenvalue weighted by atomic mass is 9.74. The average molecular weight is 314 g/mol. The zero-order valence-corrected chi connectivity index (χ0v) is 13.4. The van der Waals surface area contributed by atoms with Gasteiger partial charge in [0, 0.05) is 13.1 Å². The SMILES string of the molecule is CC1(c2ccccc2)CCN(C(=O)Cn2cc(CO)nn2)CC1. The van der Waals surface area contributed by atoms with Crippen molar-refractivity contribution in [3.63, 3.8) is 0 Å². The first-order valence-electron chi connectivity index (χ1n) is 7.94. The van der Waals surface area contributed by atoms with Gasteiger partial charge in [0.15, 0.2) is 0 Å². The molecule has 2 aromatic rings. The molecule has 6 heteroatoms. The molecule has 1 fully saturated rings. The molecule has 1 saturated heterocycles. The summed E-state index contributed by atoms with van der Waals surface area (Å²) in [4.78, 5) is 14.3. The highest BCUT2D eigenvalue weighted by Gasteiger charge is 2.33. The molecule has 1 N–H and O–H groups in total. The van der Waals surface area contributed by atoms with Crippen LogP contribution in [0.1, 0.15) is 31.0 Å². The van der Waals surface area contributed by atoms with Crippen molar-refractivity contribution in [2.45, 2.75) is 38.3 Å². The first-order chi connectivity index (χ1) is 11.1. The lowest BCUT2D eigenvalue weighted by Gasteiger charge is -2.39. The Kier molecular flexibility index (Phi) is 4.43. The van der Waals surface area contributed by atoms with Crippen molar-refractivity contribution < 1.29 is 9.90 Å². The van der Waals surface area contributed by atoms with Gasteiger partial charge in [0.25, 0.3) is 0 Å². The second-order valence-corrected chi connectivity index (χ2v) is 6.37. The number of nitrogens with zero attached hydrogens (tertiary/aromatic N) is 4. The average Bonchev–Trinajstić information content (AvgIpc) is 3.04. The number of aromatic nitrogens is 3. The van der Waals surface area contributed by atoms with Crippen molar-refractivity contribution in [3.8, 4) is 0 Å². The van der Waals surface area contributed by atoms with E-state index in [0.717, 1.165) is 25.9 Å². The molecule has 2 heterocycles. The molecule has 0 radical (unpaired) electrons. The van der Waals surface area contributed by atoms with Gasteiger partial charge in [0.05, 0.1) is 12.8 Å². The zero-order chi connectivity index (χ0) is 16.3. The molecule has 1 aliphatic rings. The van der Waals surface area contributed by atoms with E-state index < -0.39 is 0 Å². The van der Waals surface area contributed by atoms with Crippen LogP contribution in [0.2, 0.25) is 0 Å². The Morgan fingerprint density at radius 2 is 1.96 bits per heavy atom. The maximum Gasteiger partial charge on any atom is 0.244 e. The molecular weight excluding hydrogens is 292 g/mol. The van der Waals surface area contributed by atoms with Crippen molar-refractivity contribution in [2.24, 2.45) is 0 Å². The Bertz CT molecular complexity index is 660. The van der Waals surface area contributed by atoms with Gasteiger partial charge in [-0.15, -0.1) is 5.10 Å². The fourth-order valence-electron chi connectivity index (χ4n) is 3.11. The number of carbonyl (C=O) groups excluding carboxylic acids is 1. The Labute approximate surface area is 135 Å². The number of hydrogen-bond acceptors (Lipinski definition) is 4. The van der Waals surface area contributed by atoms with E-state index in [0.29, 0.717) is 5.69 Å². The van der Waals surface area contributed by atoms with E-state index in [4.69, 9.17) is 5.11 Å². The van der Waals surface area contributed by atoms with E-state index in [1.165, 1.54) is 10.2 Å². The van der Waals surface area contributed by atoms with Crippen molar-refractivity contribution in [3.05, 3.63) is 47.8 Å². The van der Waals surface area contributed by atoms with Gasteiger partial charge in [-0.05, 0) is 23.8 Å². The van der Waals surface area contributed by atoms with Gasteiger partial charge in [0.1, 0.15) is 12.2 Å². The monoisotopic (exact) mass is 314 g/mol. The number of aliphatic hydroxyl groups excluding tert-OH is 1. The third kappa shape index (κ3) is 3.42. The Hall–Kier alpha value is -2.21. The van der Waals surface area contributed by atoms with Gasteiger partial charge in [-0.1, -0.05) is 42.5 Å². The number of amides is 1. The Balaban J connectivity index is 1.59. The van der Waals surface area contributed by atoms with Crippen LogP contribution in [-0.2, 0) is 23.4 Å². The number of hydrogen-bond donors (Lipinski definition) is 1. The van der Waals surface area contributed by atoms with Gasteiger partial charge in [0.2, 0.25) is 5.91 Å². The molecule has 0 aliphatic carbocycles. The third-order valence-corrected chi connectivity index (χ3v) is 4.74. The maximum absolute atomic E-state index is 12.4. The van der Waals surface area contributed by atoms with Crippen molar-refractivity contribution in [2.75, 3.05) is 13.1 Å². The highest BCUT2D eigenvalue weighted by atomic mass is 16.3. The van der Waals surface area contributed by atoms with Crippen LogP contribution in [0.15, 0.2) is 36.5 Å². The Morgan fingerprint density at radius 3 is 2.57 bits per heavy atom. The lowest BCUT2D eigenvalue weighted by Crippen LogP contribution is -2.45. The second-order valence-electron chi connectivity index (χ2n) is 6.37. The second kappa shape index (κ2) is 6.50. The molecule has 0 saturated carbocycles. The first-order valence-corrected chi connectivity index (χ1v) is 7.94. The molecule has 1 aliphatic heterocycles. The summed E-state index contributed by atoms with van der Waals surface area (Å²) in [7, 11) is 0. The maximum atomic E-state index is 12.4. The third-order valence-electron chi connectivity index (χ3n) is 4.74. The minimum atomic E-state index is -0.159. The number of aliphatic hydroxyl groups is 1. The van der Waals surface area contributed by atoms with Crippen molar-refractivity contribution in [1.29, 1.82) is 0 Å². The van der Waals surface area contributed by atoms with E-state index in [1.54, 1.807) is 6.20 Å². The summed E-state index contributed by atoms with van der Waals surface area (Å²) in [6.45, 7) is 3.80. The quantitative estimate of drug-likeness (QED) is 0.925. The van der Waals surface area contributed by atoms with Crippen LogP contribution < -0.4 is 0 Å². The molecule has 1 aromatic heterocycles. The van der Waals surface area contributed by atoms with E-state index >= 15 is 0 Å². The van der Waals surface area contributed by atoms with Crippen molar-refractivity contribution in [1.82, 2.24) is 19.9 Å². The zero-order valence-electron chi connectivity index (χ0n) is 13.4. The molecule has 0 atom stereocenters. The molecule has 0 spiro atoms. The summed E-state index contributed by atoms with van der Waals surface area (Å²) >= 11 is 0. The van der Waals surface area contributed by atoms with Gasteiger partial charge in [-0.25, -0.2) is 4.68 Å². The van der Waals surface area contributed by atoms with E-state index in [-0.39, 0.29) is 24.5 Å². The minimum Gasteiger partial charge on any atom is -0.390 e. The van der Waals surface area contributed by atoms with Crippen molar-refractivity contribution >= 4 is 5.91 Å². The van der Waals surface area contributed by atoms with Crippen LogP contribution in [0.3, 0.4) is 0 Å². The number of rotatable bonds is 4. The smallest absolute Gasteiger partial charge is 0.244 e. The normalized spacial score (nSPS) is 17.2. The van der Waals surface area contributed by atoms with Gasteiger partial charge >= 0.3 is 0 Å². The van der Waals surface area contributed by atoms with Gasteiger partial charge in [-0.3, -0.25) is 4.79 Å². The largest absolute Gasteiger partial charge is 0.390 e. The highest BCUT2D eigenvalue weighted by Crippen LogP contribution is 2.34. The summed E-state index contributed by atoms with van der Waals surface area (Å²) in [5.41, 5.74) is 1.96. The molecule has 1 amide bonds. The molecule has 3 rings (SSSR count). The van der Waals surface area contributed by atoms with Crippen LogP contribution >= 0.6 is 0 Å². The summed E-state index contributed by atoms with van der Waals surface area (Å²) < 4.78 is 1.49. The molecule has 0 unspecified atom stereocenters. The Morgan fingerprint density at radius 1 is 1.26 bits per heavy atom. The molecule has 122 valence electrons. The number of benzene rings is 1. The number of carbonyl (C=O) groups is 1. The van der Waals surface area contributed by atoms with E-state index in [9.17, 15) is 4.79 Å². The minimum absolute atomic E-state index is 0.0505. The van der Waals surface area contributed by atoms with Crippen LogP contribution in [0.25, 0.3) is 0 Å². The summed E-state index contributed by atoms with van der Waals surface area (Å²) in [5.74, 6) is 0.0505. The highest BCUT2D eigenvalue weighted by molar-refractivity contribution is 5.76. The van der Waals surface area contributed by atoms with E-state index in [1.807, 2.05) is 11.0 Å². The molecule has 23 heavy (non-hydrogen) atoms. The molecular formula is C17H22N4O2. The standard InChI is InChI=1S/C17H22N4O2/c1-17(14-5-3-2-4-6-14)7-9-20(10-8-17)16(23)12-21-11-15(13-22)18-19-21/h2-6,11,22H,7-10,12-13H2,1H3. The molecule has 6 nitrogen and oxygen atoms in total. The van der Waals surface area contributed by atoms with Crippen LogP contribution in [-0.4, -0.2) is 44.0 Å². The fourth-order valence-corrected chi connectivity index (χ4v) is 3.11. The lowest BCUT2D eigenvalue weighted by molar-refractivity contribution is -0.133. The summed E-state index contributed by atoms with van der Waals surface area (Å²) in [5, 5.41) is 16.6. The molecule has 1 aromatic carbocycles. The molecule has 0 bridgehead atoms. The van der Waals surface area contributed by atoms with Crippen LogP contribution in [0, 0.1) is 0 Å². The fraction of sp³-hybridized carbons (Fsp3) is 0.471. The number of piperidine rings is 1.